The third kappa shape index (κ3) is 3.50. The fourth-order valence-electron chi connectivity index (χ4n) is 1.55. The van der Waals surface area contributed by atoms with Crippen molar-refractivity contribution in [3.63, 3.8) is 0 Å². The molecule has 0 aliphatic carbocycles. The van der Waals surface area contributed by atoms with Crippen LogP contribution in [0.25, 0.3) is 6.08 Å². The van der Waals surface area contributed by atoms with Gasteiger partial charge in [-0.3, -0.25) is 0 Å². The van der Waals surface area contributed by atoms with Crippen molar-refractivity contribution in [1.29, 1.82) is 5.26 Å². The van der Waals surface area contributed by atoms with Gasteiger partial charge in [-0.1, -0.05) is 42.5 Å². The van der Waals surface area contributed by atoms with Crippen molar-refractivity contribution in [1.82, 2.24) is 0 Å². The van der Waals surface area contributed by atoms with Gasteiger partial charge >= 0.3 is 0 Å². The van der Waals surface area contributed by atoms with Gasteiger partial charge in [0.2, 0.25) is 0 Å². The van der Waals surface area contributed by atoms with E-state index >= 15 is 0 Å². The molecule has 0 atom stereocenters. The first-order valence-corrected chi connectivity index (χ1v) is 5.71. The van der Waals surface area contributed by atoms with Crippen LogP contribution in [0.15, 0.2) is 60.7 Å². The molecule has 0 amide bonds. The lowest BCUT2D eigenvalue weighted by atomic mass is 10.2. The Morgan fingerprint density at radius 1 is 1.00 bits per heavy atom. The molecule has 0 spiro atoms. The molecule has 88 valence electrons. The summed E-state index contributed by atoms with van der Waals surface area (Å²) in [5.41, 5.74) is 2.13. The number of nitriles is 1. The van der Waals surface area contributed by atoms with Crippen molar-refractivity contribution in [3.05, 3.63) is 71.8 Å². The van der Waals surface area contributed by atoms with Crippen molar-refractivity contribution < 1.29 is 4.74 Å². The highest BCUT2D eigenvalue weighted by Crippen LogP contribution is 2.14. The summed E-state index contributed by atoms with van der Waals surface area (Å²) in [5, 5.41) is 8.43. The smallest absolute Gasteiger partial charge is 0.119 e. The lowest BCUT2D eigenvalue weighted by Crippen LogP contribution is -1.94. The van der Waals surface area contributed by atoms with E-state index in [2.05, 4.69) is 0 Å². The Hall–Kier alpha value is -2.53. The molecule has 0 fully saturated rings. The number of hydrogen-bond donors (Lipinski definition) is 0. The summed E-state index contributed by atoms with van der Waals surface area (Å²) in [6, 6.07) is 19.7. The van der Waals surface area contributed by atoms with E-state index in [0.717, 1.165) is 16.9 Å². The Kier molecular flexibility index (Phi) is 4.16. The Balaban J connectivity index is 1.95. The number of allylic oxidation sites excluding steroid dienone is 1. The second-order valence-corrected chi connectivity index (χ2v) is 3.81. The van der Waals surface area contributed by atoms with Crippen LogP contribution < -0.4 is 4.74 Å². The zero-order valence-corrected chi connectivity index (χ0v) is 9.91. The van der Waals surface area contributed by atoms with Crippen molar-refractivity contribution in [2.75, 3.05) is 0 Å². The van der Waals surface area contributed by atoms with E-state index in [0.29, 0.717) is 6.61 Å². The highest BCUT2D eigenvalue weighted by molar-refractivity contribution is 5.52. The molecule has 0 radical (unpaired) electrons. The van der Waals surface area contributed by atoms with Gasteiger partial charge in [-0.05, 0) is 29.3 Å². The molecule has 0 aliphatic heterocycles. The predicted octanol–water partition coefficient (Wildman–Crippen LogP) is 3.80. The van der Waals surface area contributed by atoms with Crippen LogP contribution in [-0.4, -0.2) is 0 Å². The zero-order valence-electron chi connectivity index (χ0n) is 9.91. The second-order valence-electron chi connectivity index (χ2n) is 3.81. The molecular weight excluding hydrogens is 222 g/mol. The van der Waals surface area contributed by atoms with E-state index < -0.39 is 0 Å². The van der Waals surface area contributed by atoms with Crippen LogP contribution >= 0.6 is 0 Å². The van der Waals surface area contributed by atoms with Crippen LogP contribution in [0.3, 0.4) is 0 Å². The predicted molar refractivity (Wildman–Crippen MR) is 71.9 cm³/mol. The summed E-state index contributed by atoms with van der Waals surface area (Å²) >= 11 is 0. The Morgan fingerprint density at radius 3 is 2.39 bits per heavy atom. The maximum atomic E-state index is 8.43. The van der Waals surface area contributed by atoms with E-state index in [9.17, 15) is 0 Å². The molecule has 2 aromatic rings. The summed E-state index contributed by atoms with van der Waals surface area (Å²) in [6.07, 6.45) is 3.22. The molecule has 2 rings (SSSR count). The minimum Gasteiger partial charge on any atom is -0.489 e. The standard InChI is InChI=1S/C16H13NO/c17-12-4-7-14-8-10-16(11-9-14)18-13-15-5-2-1-3-6-15/h1-11H,13H2/b7-4+. The number of ether oxygens (including phenoxy) is 1. The maximum Gasteiger partial charge on any atom is 0.119 e. The van der Waals surface area contributed by atoms with Crippen molar-refractivity contribution >= 4 is 6.08 Å². The average molecular weight is 235 g/mol. The Bertz CT molecular complexity index is 550. The molecule has 2 aromatic carbocycles. The molecule has 2 nitrogen and oxygen atoms in total. The van der Waals surface area contributed by atoms with E-state index in [1.807, 2.05) is 60.7 Å². The van der Waals surface area contributed by atoms with Crippen LogP contribution in [0.5, 0.6) is 5.75 Å². The maximum absolute atomic E-state index is 8.43. The normalized spacial score (nSPS) is 10.2. The second kappa shape index (κ2) is 6.27. The Labute approximate surface area is 107 Å². The van der Waals surface area contributed by atoms with Crippen LogP contribution in [0, 0.1) is 11.3 Å². The lowest BCUT2D eigenvalue weighted by Gasteiger charge is -2.06. The summed E-state index contributed by atoms with van der Waals surface area (Å²) in [7, 11) is 0. The minimum absolute atomic E-state index is 0.564. The quantitative estimate of drug-likeness (QED) is 0.755. The van der Waals surface area contributed by atoms with Gasteiger partial charge in [0.05, 0.1) is 6.07 Å². The highest BCUT2D eigenvalue weighted by Gasteiger charge is 1.95. The van der Waals surface area contributed by atoms with Gasteiger partial charge in [0.15, 0.2) is 0 Å². The average Bonchev–Trinajstić information content (AvgIpc) is 2.45. The van der Waals surface area contributed by atoms with Crippen molar-refractivity contribution in [2.45, 2.75) is 6.61 Å². The number of nitrogens with zero attached hydrogens (tertiary/aromatic N) is 1. The number of rotatable bonds is 4. The molecule has 0 bridgehead atoms. The topological polar surface area (TPSA) is 33.0 Å². The van der Waals surface area contributed by atoms with Gasteiger partial charge in [0.25, 0.3) is 0 Å². The summed E-state index contributed by atoms with van der Waals surface area (Å²) in [6.45, 7) is 0.564. The molecule has 0 aliphatic rings. The van der Waals surface area contributed by atoms with E-state index in [4.69, 9.17) is 10.00 Å². The third-order valence-electron chi connectivity index (χ3n) is 2.48. The molecular formula is C16H13NO. The first kappa shape index (κ1) is 11.9. The highest BCUT2D eigenvalue weighted by atomic mass is 16.5. The third-order valence-corrected chi connectivity index (χ3v) is 2.48. The van der Waals surface area contributed by atoms with Crippen molar-refractivity contribution in [3.8, 4) is 11.8 Å². The van der Waals surface area contributed by atoms with Gasteiger partial charge in [0, 0.05) is 6.08 Å². The molecule has 0 saturated carbocycles. The number of benzene rings is 2. The minimum atomic E-state index is 0.564. The SMILES string of the molecule is N#C/C=C/c1ccc(OCc2ccccc2)cc1. The van der Waals surface area contributed by atoms with Crippen LogP contribution in [0.4, 0.5) is 0 Å². The fraction of sp³-hybridized carbons (Fsp3) is 0.0625. The van der Waals surface area contributed by atoms with Gasteiger partial charge in [-0.15, -0.1) is 0 Å². The molecule has 0 aromatic heterocycles. The van der Waals surface area contributed by atoms with Crippen LogP contribution in [0.1, 0.15) is 11.1 Å². The zero-order chi connectivity index (χ0) is 12.6. The first-order chi connectivity index (χ1) is 8.88. The van der Waals surface area contributed by atoms with Gasteiger partial charge in [0.1, 0.15) is 12.4 Å². The van der Waals surface area contributed by atoms with Crippen molar-refractivity contribution in [2.24, 2.45) is 0 Å². The van der Waals surface area contributed by atoms with Crippen LogP contribution in [-0.2, 0) is 6.61 Å². The van der Waals surface area contributed by atoms with E-state index in [1.165, 1.54) is 6.08 Å². The summed E-state index contributed by atoms with van der Waals surface area (Å²) in [4.78, 5) is 0. The van der Waals surface area contributed by atoms with Gasteiger partial charge in [-0.2, -0.15) is 5.26 Å². The van der Waals surface area contributed by atoms with E-state index in [-0.39, 0.29) is 0 Å². The molecule has 0 unspecified atom stereocenters. The lowest BCUT2D eigenvalue weighted by molar-refractivity contribution is 0.306. The summed E-state index contributed by atoms with van der Waals surface area (Å²) in [5.74, 6) is 0.827. The summed E-state index contributed by atoms with van der Waals surface area (Å²) < 4.78 is 5.66. The monoisotopic (exact) mass is 235 g/mol. The van der Waals surface area contributed by atoms with Crippen LogP contribution in [0.2, 0.25) is 0 Å². The van der Waals surface area contributed by atoms with Gasteiger partial charge < -0.3 is 4.74 Å². The van der Waals surface area contributed by atoms with E-state index in [1.54, 1.807) is 6.08 Å². The molecule has 0 heterocycles. The molecule has 18 heavy (non-hydrogen) atoms. The van der Waals surface area contributed by atoms with Gasteiger partial charge in [-0.25, -0.2) is 0 Å². The molecule has 0 saturated heterocycles. The molecule has 2 heteroatoms. The number of hydrogen-bond acceptors (Lipinski definition) is 2. The fourth-order valence-corrected chi connectivity index (χ4v) is 1.55. The first-order valence-electron chi connectivity index (χ1n) is 5.71. The largest absolute Gasteiger partial charge is 0.489 e. The Morgan fingerprint density at radius 2 is 1.72 bits per heavy atom. The molecule has 0 N–H and O–H groups in total.